The summed E-state index contributed by atoms with van der Waals surface area (Å²) in [6, 6.07) is 15.7. The summed E-state index contributed by atoms with van der Waals surface area (Å²) in [7, 11) is 0. The highest BCUT2D eigenvalue weighted by Crippen LogP contribution is 2.38. The van der Waals surface area contributed by atoms with E-state index < -0.39 is 0 Å². The van der Waals surface area contributed by atoms with E-state index in [-0.39, 0.29) is 5.78 Å². The van der Waals surface area contributed by atoms with Crippen molar-refractivity contribution in [2.24, 2.45) is 4.99 Å². The van der Waals surface area contributed by atoms with Gasteiger partial charge in [0.15, 0.2) is 5.78 Å². The highest BCUT2D eigenvalue weighted by Gasteiger charge is 2.34. The second-order valence-electron chi connectivity index (χ2n) is 5.70. The summed E-state index contributed by atoms with van der Waals surface area (Å²) in [4.78, 5) is 21.6. The lowest BCUT2D eigenvalue weighted by atomic mass is 10.1. The third-order valence-electron chi connectivity index (χ3n) is 4.19. The summed E-state index contributed by atoms with van der Waals surface area (Å²) in [5.74, 6) is 0.997. The van der Waals surface area contributed by atoms with Gasteiger partial charge in [0, 0.05) is 23.1 Å². The normalized spacial score (nSPS) is 16.0. The maximum absolute atomic E-state index is 12.7. The molecule has 5 heteroatoms. The smallest absolute Gasteiger partial charge is 0.206 e. The molecule has 0 atom stereocenters. The van der Waals surface area contributed by atoms with Crippen molar-refractivity contribution in [2.45, 2.75) is 6.42 Å². The van der Waals surface area contributed by atoms with Crippen LogP contribution in [0.1, 0.15) is 16.8 Å². The summed E-state index contributed by atoms with van der Waals surface area (Å²) in [6.07, 6.45) is 1.05. The molecule has 2 aromatic rings. The average molecular weight is 370 g/mol. The third-order valence-corrected chi connectivity index (χ3v) is 4.68. The Balaban J connectivity index is 1.68. The molecule has 0 unspecified atom stereocenters. The van der Waals surface area contributed by atoms with Crippen LogP contribution in [0.3, 0.4) is 0 Å². The third kappa shape index (κ3) is 2.55. The Bertz CT molecular complexity index is 802. The van der Waals surface area contributed by atoms with Crippen LogP contribution >= 0.6 is 15.9 Å². The summed E-state index contributed by atoms with van der Waals surface area (Å²) in [5.41, 5.74) is 2.93. The molecular formula is C18H16BrN3O. The molecule has 4 nitrogen and oxygen atoms in total. The minimum absolute atomic E-state index is 0.0937. The number of fused-ring (bicyclic) bond motifs is 3. The second kappa shape index (κ2) is 5.81. The number of Topliss-reactive ketones (excluding diaryl/α,β-unsaturated/α-hetero) is 1. The van der Waals surface area contributed by atoms with E-state index in [4.69, 9.17) is 0 Å². The number of aliphatic imine (C=N–C) groups is 1. The Morgan fingerprint density at radius 2 is 1.96 bits per heavy atom. The van der Waals surface area contributed by atoms with E-state index in [2.05, 4.69) is 38.0 Å². The van der Waals surface area contributed by atoms with Gasteiger partial charge in [-0.1, -0.05) is 40.2 Å². The van der Waals surface area contributed by atoms with E-state index in [1.165, 1.54) is 0 Å². The molecule has 23 heavy (non-hydrogen) atoms. The number of benzene rings is 2. The highest BCUT2D eigenvalue weighted by molar-refractivity contribution is 9.10. The zero-order valence-corrected chi connectivity index (χ0v) is 14.2. The van der Waals surface area contributed by atoms with Gasteiger partial charge in [0.2, 0.25) is 5.96 Å². The first-order chi connectivity index (χ1) is 11.2. The van der Waals surface area contributed by atoms with Crippen LogP contribution in [-0.2, 0) is 0 Å². The topological polar surface area (TPSA) is 35.9 Å². The van der Waals surface area contributed by atoms with Crippen LogP contribution in [0.2, 0.25) is 0 Å². The molecular weight excluding hydrogens is 354 g/mol. The van der Waals surface area contributed by atoms with Crippen molar-refractivity contribution in [3.05, 3.63) is 58.6 Å². The molecule has 0 saturated heterocycles. The average Bonchev–Trinajstić information content (AvgIpc) is 2.90. The lowest BCUT2D eigenvalue weighted by Gasteiger charge is -2.26. The Morgan fingerprint density at radius 1 is 1.13 bits per heavy atom. The van der Waals surface area contributed by atoms with Crippen LogP contribution in [0.5, 0.6) is 0 Å². The van der Waals surface area contributed by atoms with Gasteiger partial charge in [-0.25, -0.2) is 0 Å². The maximum atomic E-state index is 12.7. The van der Waals surface area contributed by atoms with Crippen LogP contribution in [0.15, 0.2) is 58.0 Å². The van der Waals surface area contributed by atoms with Crippen LogP contribution < -0.4 is 9.80 Å². The van der Waals surface area contributed by atoms with E-state index in [9.17, 15) is 4.79 Å². The molecule has 116 valence electrons. The van der Waals surface area contributed by atoms with Crippen LogP contribution in [-0.4, -0.2) is 31.4 Å². The highest BCUT2D eigenvalue weighted by atomic mass is 79.9. The number of para-hydroxylation sites is 2. The number of hydrogen-bond donors (Lipinski definition) is 0. The zero-order valence-electron chi connectivity index (χ0n) is 12.6. The molecule has 0 saturated carbocycles. The first-order valence-corrected chi connectivity index (χ1v) is 8.51. The Labute approximate surface area is 143 Å². The van der Waals surface area contributed by atoms with Crippen molar-refractivity contribution in [3.63, 3.8) is 0 Å². The molecule has 2 heterocycles. The monoisotopic (exact) mass is 369 g/mol. The van der Waals surface area contributed by atoms with Gasteiger partial charge in [-0.15, -0.1) is 0 Å². The van der Waals surface area contributed by atoms with Gasteiger partial charge in [-0.2, -0.15) is 0 Å². The number of nitrogens with zero attached hydrogens (tertiary/aromatic N) is 3. The summed E-state index contributed by atoms with van der Waals surface area (Å²) >= 11 is 3.43. The fraction of sp³-hybridized carbons (Fsp3) is 0.222. The van der Waals surface area contributed by atoms with E-state index in [1.54, 1.807) is 0 Å². The molecule has 0 N–H and O–H groups in total. The molecule has 2 aromatic carbocycles. The number of carbonyl (C=O) groups is 1. The van der Waals surface area contributed by atoms with E-state index >= 15 is 0 Å². The number of ketones is 1. The quantitative estimate of drug-likeness (QED) is 0.773. The number of carbonyl (C=O) groups excluding carboxylic acids is 1. The molecule has 0 bridgehead atoms. The van der Waals surface area contributed by atoms with Gasteiger partial charge < -0.3 is 9.80 Å². The number of hydrogen-bond acceptors (Lipinski definition) is 4. The number of guanidine groups is 1. The molecule has 0 amide bonds. The molecule has 0 aliphatic carbocycles. The molecule has 0 aromatic heterocycles. The molecule has 4 rings (SSSR count). The summed E-state index contributed by atoms with van der Waals surface area (Å²) < 4.78 is 0.918. The first-order valence-electron chi connectivity index (χ1n) is 7.71. The number of halogens is 1. The summed E-state index contributed by atoms with van der Waals surface area (Å²) in [6.45, 7) is 2.08. The largest absolute Gasteiger partial charge is 0.310 e. The minimum atomic E-state index is 0.0937. The molecule has 0 radical (unpaired) electrons. The SMILES string of the molecule is O=C(CN1C2=NCCCN2c2ccccc21)c1cccc(Br)c1. The fourth-order valence-corrected chi connectivity index (χ4v) is 3.53. The van der Waals surface area contributed by atoms with Crippen molar-refractivity contribution in [3.8, 4) is 0 Å². The Kier molecular flexibility index (Phi) is 3.65. The molecule has 0 spiro atoms. The van der Waals surface area contributed by atoms with Gasteiger partial charge in [0.25, 0.3) is 0 Å². The molecule has 2 aliphatic heterocycles. The van der Waals surface area contributed by atoms with Gasteiger partial charge in [-0.3, -0.25) is 9.79 Å². The van der Waals surface area contributed by atoms with Crippen LogP contribution in [0, 0.1) is 0 Å². The summed E-state index contributed by atoms with van der Waals surface area (Å²) in [5, 5.41) is 0. The fourth-order valence-electron chi connectivity index (χ4n) is 3.13. The van der Waals surface area contributed by atoms with Crippen molar-refractivity contribution in [2.75, 3.05) is 29.4 Å². The van der Waals surface area contributed by atoms with E-state index in [1.807, 2.05) is 41.3 Å². The number of rotatable bonds is 3. The van der Waals surface area contributed by atoms with Gasteiger partial charge in [0.1, 0.15) is 0 Å². The van der Waals surface area contributed by atoms with Gasteiger partial charge in [-0.05, 0) is 30.7 Å². The first kappa shape index (κ1) is 14.5. The van der Waals surface area contributed by atoms with E-state index in [0.717, 1.165) is 41.3 Å². The predicted molar refractivity (Wildman–Crippen MR) is 96.5 cm³/mol. The number of anilines is 2. The second-order valence-corrected chi connectivity index (χ2v) is 6.61. The van der Waals surface area contributed by atoms with Crippen LogP contribution in [0.25, 0.3) is 0 Å². The minimum Gasteiger partial charge on any atom is -0.310 e. The lowest BCUT2D eigenvalue weighted by Crippen LogP contribution is -2.43. The molecule has 0 fully saturated rings. The van der Waals surface area contributed by atoms with Crippen molar-refractivity contribution in [1.82, 2.24) is 0 Å². The maximum Gasteiger partial charge on any atom is 0.206 e. The van der Waals surface area contributed by atoms with Crippen molar-refractivity contribution >= 4 is 39.0 Å². The Morgan fingerprint density at radius 3 is 2.78 bits per heavy atom. The van der Waals surface area contributed by atoms with Gasteiger partial charge in [0.05, 0.1) is 17.9 Å². The van der Waals surface area contributed by atoms with Crippen LogP contribution in [0.4, 0.5) is 11.4 Å². The lowest BCUT2D eigenvalue weighted by molar-refractivity contribution is 0.100. The zero-order chi connectivity index (χ0) is 15.8. The Hall–Kier alpha value is -2.14. The standard InChI is InChI=1S/C18H16BrN3O/c19-14-6-3-5-13(11-14)17(23)12-22-16-8-2-1-7-15(16)21-10-4-9-20-18(21)22/h1-3,5-8,11H,4,9-10,12H2. The van der Waals surface area contributed by atoms with E-state index in [0.29, 0.717) is 12.1 Å². The predicted octanol–water partition coefficient (Wildman–Crippen LogP) is 3.72. The van der Waals surface area contributed by atoms with Gasteiger partial charge >= 0.3 is 0 Å². The molecule has 2 aliphatic rings. The van der Waals surface area contributed by atoms with Crippen molar-refractivity contribution in [1.29, 1.82) is 0 Å². The van der Waals surface area contributed by atoms with Crippen molar-refractivity contribution < 1.29 is 4.79 Å².